The number of nitrogens with zero attached hydrogens (tertiary/aromatic N) is 8. The third-order valence-electron chi connectivity index (χ3n) is 11.4. The first-order valence-electron chi connectivity index (χ1n) is 22.0. The van der Waals surface area contributed by atoms with Crippen molar-refractivity contribution in [3.63, 3.8) is 0 Å². The van der Waals surface area contributed by atoms with E-state index < -0.39 is 11.9 Å². The lowest BCUT2D eigenvalue weighted by Gasteiger charge is -2.26. The van der Waals surface area contributed by atoms with Crippen molar-refractivity contribution in [3.05, 3.63) is 106 Å². The Hall–Kier alpha value is -6.00. The molecule has 4 heterocycles. The van der Waals surface area contributed by atoms with Gasteiger partial charge in [0.2, 0.25) is 11.9 Å². The Labute approximate surface area is 363 Å². The van der Waals surface area contributed by atoms with Gasteiger partial charge >= 0.3 is 11.9 Å². The van der Waals surface area contributed by atoms with E-state index in [2.05, 4.69) is 64.9 Å². The molecule has 7 rings (SSSR count). The summed E-state index contributed by atoms with van der Waals surface area (Å²) in [6.07, 6.45) is 9.06. The fraction of sp³-hybridized carbons (Fsp3) is 0.478. The number of rotatable bonds is 22. The minimum Gasteiger partial charge on any atom is -0.494 e. The summed E-state index contributed by atoms with van der Waals surface area (Å²) in [6.45, 7) is 8.63. The molecule has 0 bridgehead atoms. The molecule has 330 valence electrons. The molecule has 0 aliphatic carbocycles. The van der Waals surface area contributed by atoms with Gasteiger partial charge in [0, 0.05) is 53.1 Å². The number of anilines is 2. The number of carboxylic acid groups (broad SMARTS) is 2. The van der Waals surface area contributed by atoms with Gasteiger partial charge in [-0.1, -0.05) is 37.1 Å². The maximum Gasteiger partial charge on any atom is 0.335 e. The van der Waals surface area contributed by atoms with E-state index in [1.165, 1.54) is 61.8 Å². The molecule has 16 heteroatoms. The van der Waals surface area contributed by atoms with Crippen molar-refractivity contribution in [3.8, 4) is 11.5 Å². The normalized spacial score (nSPS) is 14.7. The SMILES string of the molecule is Cn1nc(Cc2c(C(=O)O)ccc(C(=O)O)c2Cc2nc(NCCCOc3cccc(CN4CCCCC4)c3)n(C)n2)nc1NCCCOc1cccc(CN2CCCCC2)c1. The highest BCUT2D eigenvalue weighted by atomic mass is 16.5. The average Bonchev–Trinajstić information content (AvgIpc) is 3.80. The average molecular weight is 849 g/mol. The van der Waals surface area contributed by atoms with Crippen LogP contribution in [0.2, 0.25) is 0 Å². The van der Waals surface area contributed by atoms with E-state index in [9.17, 15) is 19.8 Å². The van der Waals surface area contributed by atoms with Crippen LogP contribution >= 0.6 is 0 Å². The highest BCUT2D eigenvalue weighted by Gasteiger charge is 2.25. The Balaban J connectivity index is 0.932. The highest BCUT2D eigenvalue weighted by molar-refractivity contribution is 5.95. The molecule has 0 unspecified atom stereocenters. The summed E-state index contributed by atoms with van der Waals surface area (Å²) in [5.41, 5.74) is 3.03. The number of aryl methyl sites for hydroxylation is 2. The Morgan fingerprint density at radius 1 is 0.613 bits per heavy atom. The van der Waals surface area contributed by atoms with Crippen molar-refractivity contribution >= 4 is 23.8 Å². The number of piperidine rings is 2. The van der Waals surface area contributed by atoms with Crippen LogP contribution in [-0.4, -0.2) is 114 Å². The second kappa shape index (κ2) is 21.7. The maximum absolute atomic E-state index is 12.5. The predicted octanol–water partition coefficient (Wildman–Crippen LogP) is 6.26. The van der Waals surface area contributed by atoms with E-state index in [1.807, 2.05) is 24.3 Å². The maximum atomic E-state index is 12.5. The molecule has 0 atom stereocenters. The molecule has 62 heavy (non-hydrogen) atoms. The minimum absolute atomic E-state index is 0.0103. The van der Waals surface area contributed by atoms with Gasteiger partial charge in [0.15, 0.2) is 11.6 Å². The van der Waals surface area contributed by atoms with Gasteiger partial charge in [0.05, 0.1) is 24.3 Å². The van der Waals surface area contributed by atoms with Crippen molar-refractivity contribution in [2.75, 3.05) is 63.1 Å². The molecular weight excluding hydrogens is 789 g/mol. The van der Waals surface area contributed by atoms with E-state index >= 15 is 0 Å². The lowest BCUT2D eigenvalue weighted by molar-refractivity contribution is 0.0679. The first-order valence-corrected chi connectivity index (χ1v) is 22.0. The van der Waals surface area contributed by atoms with Gasteiger partial charge in [-0.25, -0.2) is 19.0 Å². The summed E-state index contributed by atoms with van der Waals surface area (Å²) >= 11 is 0. The number of likely N-dealkylation sites (tertiary alicyclic amines) is 2. The van der Waals surface area contributed by atoms with Crippen LogP contribution in [0.25, 0.3) is 0 Å². The smallest absolute Gasteiger partial charge is 0.335 e. The van der Waals surface area contributed by atoms with Crippen LogP contribution in [0.1, 0.15) is 106 Å². The molecule has 0 amide bonds. The molecule has 2 aliphatic heterocycles. The lowest BCUT2D eigenvalue weighted by atomic mass is 9.91. The van der Waals surface area contributed by atoms with Crippen LogP contribution in [0.5, 0.6) is 11.5 Å². The molecular formula is C46H60N10O6. The fourth-order valence-electron chi connectivity index (χ4n) is 8.29. The van der Waals surface area contributed by atoms with Crippen molar-refractivity contribution in [2.45, 2.75) is 77.3 Å². The molecule has 0 radical (unpaired) electrons. The number of carbonyl (C=O) groups is 2. The first-order chi connectivity index (χ1) is 30.2. The molecule has 2 fully saturated rings. The van der Waals surface area contributed by atoms with Gasteiger partial charge in [-0.2, -0.15) is 20.2 Å². The quantitative estimate of drug-likeness (QED) is 0.0573. The molecule has 4 N–H and O–H groups in total. The lowest BCUT2D eigenvalue weighted by Crippen LogP contribution is -2.29. The zero-order valence-corrected chi connectivity index (χ0v) is 36.0. The third-order valence-corrected chi connectivity index (χ3v) is 11.4. The van der Waals surface area contributed by atoms with Crippen molar-refractivity contribution in [1.29, 1.82) is 0 Å². The highest BCUT2D eigenvalue weighted by Crippen LogP contribution is 2.26. The summed E-state index contributed by atoms with van der Waals surface area (Å²) in [5, 5.41) is 36.2. The zero-order chi connectivity index (χ0) is 43.3. The van der Waals surface area contributed by atoms with Gasteiger partial charge in [-0.15, -0.1) is 0 Å². The minimum atomic E-state index is -1.18. The molecule has 2 aromatic heterocycles. The number of carboxylic acids is 2. The van der Waals surface area contributed by atoms with Crippen LogP contribution in [-0.2, 0) is 40.0 Å². The molecule has 2 aliphatic rings. The molecule has 2 saturated heterocycles. The monoisotopic (exact) mass is 848 g/mol. The van der Waals surface area contributed by atoms with Crippen LogP contribution in [0.15, 0.2) is 60.7 Å². The second-order valence-electron chi connectivity index (χ2n) is 16.3. The third kappa shape index (κ3) is 12.3. The van der Waals surface area contributed by atoms with Crippen LogP contribution in [0, 0.1) is 0 Å². The standard InChI is InChI=1S/C46H60N10O6/c1-53-45(47-19-11-25-61-35-15-9-13-33(27-35)31-55-21-5-3-6-22-55)49-41(51-53)29-39-37(43(57)58)17-18-38(44(59)60)40(39)30-42-50-46(54(2)52-42)48-20-12-26-62-36-16-10-14-34(28-36)32-56-23-7-4-8-24-56/h9-10,13-18,27-28H,3-8,11-12,19-26,29-32H2,1-2H3,(H,57,58)(H,59,60)(H,47,49,51)(H,48,50,52). The largest absolute Gasteiger partial charge is 0.494 e. The van der Waals surface area contributed by atoms with E-state index in [0.717, 1.165) is 50.8 Å². The van der Waals surface area contributed by atoms with E-state index in [-0.39, 0.29) is 24.0 Å². The van der Waals surface area contributed by atoms with Crippen LogP contribution in [0.3, 0.4) is 0 Å². The number of nitrogens with one attached hydrogen (secondary N) is 2. The topological polar surface area (TPSA) is 185 Å². The van der Waals surface area contributed by atoms with Crippen molar-refractivity contribution < 1.29 is 29.3 Å². The van der Waals surface area contributed by atoms with E-state index in [4.69, 9.17) is 9.47 Å². The van der Waals surface area contributed by atoms with E-state index in [0.29, 0.717) is 73.8 Å². The van der Waals surface area contributed by atoms with E-state index in [1.54, 1.807) is 23.5 Å². The molecule has 5 aromatic rings. The number of ether oxygens (including phenoxy) is 2. The molecule has 0 spiro atoms. The van der Waals surface area contributed by atoms with Crippen LogP contribution < -0.4 is 20.1 Å². The molecule has 16 nitrogen and oxygen atoms in total. The number of hydrogen-bond donors (Lipinski definition) is 4. The number of aromatic carboxylic acids is 2. The summed E-state index contributed by atoms with van der Waals surface area (Å²) in [6, 6.07) is 19.2. The number of benzene rings is 3. The Bertz CT molecular complexity index is 2110. The predicted molar refractivity (Wildman–Crippen MR) is 236 cm³/mol. The summed E-state index contributed by atoms with van der Waals surface area (Å²) in [4.78, 5) is 39.4. The fourth-order valence-corrected chi connectivity index (χ4v) is 8.29. The Kier molecular flexibility index (Phi) is 15.4. The molecule has 3 aromatic carbocycles. The van der Waals surface area contributed by atoms with Crippen molar-refractivity contribution in [1.82, 2.24) is 39.3 Å². The number of hydrogen-bond acceptors (Lipinski definition) is 12. The Morgan fingerprint density at radius 2 is 1.03 bits per heavy atom. The van der Waals surface area contributed by atoms with Gasteiger partial charge in [0.25, 0.3) is 0 Å². The van der Waals surface area contributed by atoms with Gasteiger partial charge < -0.3 is 30.3 Å². The van der Waals surface area contributed by atoms with Gasteiger partial charge in [-0.05, 0) is 123 Å². The van der Waals surface area contributed by atoms with Gasteiger partial charge in [-0.3, -0.25) is 9.80 Å². The first kappa shape index (κ1) is 44.1. The summed E-state index contributed by atoms with van der Waals surface area (Å²) in [5.74, 6) is 1.03. The van der Waals surface area contributed by atoms with Crippen LogP contribution in [0.4, 0.5) is 11.9 Å². The molecule has 0 saturated carbocycles. The Morgan fingerprint density at radius 3 is 1.44 bits per heavy atom. The van der Waals surface area contributed by atoms with Crippen molar-refractivity contribution in [2.24, 2.45) is 14.1 Å². The second-order valence-corrected chi connectivity index (χ2v) is 16.3. The van der Waals surface area contributed by atoms with Gasteiger partial charge in [0.1, 0.15) is 11.5 Å². The summed E-state index contributed by atoms with van der Waals surface area (Å²) in [7, 11) is 3.51. The summed E-state index contributed by atoms with van der Waals surface area (Å²) < 4.78 is 15.3. The zero-order valence-electron chi connectivity index (χ0n) is 36.0. The number of aromatic nitrogens is 6.